The van der Waals surface area contributed by atoms with Crippen LogP contribution in [0, 0.1) is 0 Å². The molecule has 8 heteroatoms. The Morgan fingerprint density at radius 2 is 2.04 bits per heavy atom. The standard InChI is InChI=1S/C19H31N5O3/c1-2-3-4-6-22-18(25)5-9-24(11-10-23-12-14-27-15-13-23)19(26)17-16-20-7-8-21-17/h7-8,16H,2-6,9-15H2,1H3,(H,22,25)/p+1. The number of nitrogens with one attached hydrogen (secondary N) is 2. The van der Waals surface area contributed by atoms with Gasteiger partial charge < -0.3 is 19.9 Å². The molecule has 1 saturated heterocycles. The van der Waals surface area contributed by atoms with E-state index in [0.29, 0.717) is 31.7 Å². The number of quaternary nitrogens is 1. The number of nitrogens with zero attached hydrogens (tertiary/aromatic N) is 3. The summed E-state index contributed by atoms with van der Waals surface area (Å²) in [6.45, 7) is 8.06. The molecule has 0 aromatic carbocycles. The second kappa shape index (κ2) is 12.3. The molecule has 2 N–H and O–H groups in total. The lowest BCUT2D eigenvalue weighted by Crippen LogP contribution is -3.14. The van der Waals surface area contributed by atoms with Gasteiger partial charge in [0.2, 0.25) is 5.91 Å². The minimum atomic E-state index is -0.172. The van der Waals surface area contributed by atoms with Crippen molar-refractivity contribution < 1.29 is 19.2 Å². The van der Waals surface area contributed by atoms with Gasteiger partial charge in [-0.1, -0.05) is 19.8 Å². The molecule has 2 amide bonds. The van der Waals surface area contributed by atoms with Crippen LogP contribution in [0.15, 0.2) is 18.6 Å². The summed E-state index contributed by atoms with van der Waals surface area (Å²) in [7, 11) is 0. The van der Waals surface area contributed by atoms with Crippen molar-refractivity contribution in [2.45, 2.75) is 32.6 Å². The maximum Gasteiger partial charge on any atom is 0.274 e. The second-order valence-electron chi connectivity index (χ2n) is 6.80. The van der Waals surface area contributed by atoms with Gasteiger partial charge >= 0.3 is 0 Å². The van der Waals surface area contributed by atoms with Crippen molar-refractivity contribution in [1.82, 2.24) is 20.2 Å². The third-order valence-electron chi connectivity index (χ3n) is 4.72. The van der Waals surface area contributed by atoms with Crippen molar-refractivity contribution in [1.29, 1.82) is 0 Å². The van der Waals surface area contributed by atoms with Crippen molar-refractivity contribution in [2.75, 3.05) is 52.5 Å². The van der Waals surface area contributed by atoms with E-state index < -0.39 is 0 Å². The molecule has 27 heavy (non-hydrogen) atoms. The van der Waals surface area contributed by atoms with Crippen molar-refractivity contribution in [3.8, 4) is 0 Å². The average Bonchev–Trinajstić information content (AvgIpc) is 2.72. The number of unbranched alkanes of at least 4 members (excludes halogenated alkanes) is 2. The lowest BCUT2D eigenvalue weighted by Gasteiger charge is -2.27. The van der Waals surface area contributed by atoms with Crippen LogP contribution >= 0.6 is 0 Å². The summed E-state index contributed by atoms with van der Waals surface area (Å²) in [6, 6.07) is 0. The molecule has 0 atom stereocenters. The Kier molecular flexibility index (Phi) is 9.72. The Balaban J connectivity index is 1.86. The minimum Gasteiger partial charge on any atom is -0.370 e. The highest BCUT2D eigenvalue weighted by Crippen LogP contribution is 2.01. The highest BCUT2D eigenvalue weighted by Gasteiger charge is 2.21. The molecular formula is C19H32N5O3+. The topological polar surface area (TPSA) is 88.9 Å². The number of morpholine rings is 1. The zero-order valence-electron chi connectivity index (χ0n) is 16.3. The van der Waals surface area contributed by atoms with Gasteiger partial charge in [-0.2, -0.15) is 0 Å². The van der Waals surface area contributed by atoms with Crippen LogP contribution in [0.3, 0.4) is 0 Å². The number of hydrogen-bond acceptors (Lipinski definition) is 5. The number of rotatable bonds is 11. The van der Waals surface area contributed by atoms with Crippen molar-refractivity contribution in [3.05, 3.63) is 24.3 Å². The molecular weight excluding hydrogens is 346 g/mol. The summed E-state index contributed by atoms with van der Waals surface area (Å²) in [6.07, 6.45) is 8.06. The number of hydrogen-bond donors (Lipinski definition) is 2. The van der Waals surface area contributed by atoms with Crippen LogP contribution in [0.1, 0.15) is 43.1 Å². The lowest BCUT2D eigenvalue weighted by atomic mass is 10.2. The van der Waals surface area contributed by atoms with Crippen LogP contribution in [0.5, 0.6) is 0 Å². The molecule has 150 valence electrons. The van der Waals surface area contributed by atoms with Gasteiger partial charge in [0.05, 0.1) is 32.5 Å². The van der Waals surface area contributed by atoms with E-state index in [0.717, 1.165) is 52.1 Å². The molecule has 0 aliphatic carbocycles. The summed E-state index contributed by atoms with van der Waals surface area (Å²) < 4.78 is 5.38. The first-order valence-electron chi connectivity index (χ1n) is 9.94. The van der Waals surface area contributed by atoms with Gasteiger partial charge in [-0.3, -0.25) is 14.6 Å². The van der Waals surface area contributed by atoms with E-state index in [9.17, 15) is 9.59 Å². The monoisotopic (exact) mass is 378 g/mol. The van der Waals surface area contributed by atoms with E-state index in [2.05, 4.69) is 22.2 Å². The van der Waals surface area contributed by atoms with Gasteiger partial charge in [0.1, 0.15) is 18.8 Å². The Morgan fingerprint density at radius 1 is 1.22 bits per heavy atom. The number of carbonyl (C=O) groups is 2. The third kappa shape index (κ3) is 8.01. The molecule has 0 unspecified atom stereocenters. The first-order chi connectivity index (χ1) is 13.2. The predicted molar refractivity (Wildman–Crippen MR) is 101 cm³/mol. The van der Waals surface area contributed by atoms with Crippen LogP contribution in [0.2, 0.25) is 0 Å². The molecule has 0 radical (unpaired) electrons. The van der Waals surface area contributed by atoms with Gasteiger partial charge in [0, 0.05) is 31.9 Å². The Morgan fingerprint density at radius 3 is 2.74 bits per heavy atom. The van der Waals surface area contributed by atoms with E-state index >= 15 is 0 Å². The molecule has 0 bridgehead atoms. The van der Waals surface area contributed by atoms with E-state index in [1.54, 1.807) is 11.1 Å². The predicted octanol–water partition coefficient (Wildman–Crippen LogP) is -0.470. The molecule has 8 nitrogen and oxygen atoms in total. The van der Waals surface area contributed by atoms with Crippen LogP contribution in [0.4, 0.5) is 0 Å². The highest BCUT2D eigenvalue weighted by molar-refractivity contribution is 5.92. The number of amides is 2. The van der Waals surface area contributed by atoms with Crippen LogP contribution in [0.25, 0.3) is 0 Å². The van der Waals surface area contributed by atoms with Gasteiger partial charge in [-0.05, 0) is 6.42 Å². The molecule has 1 aliphatic heterocycles. The zero-order valence-corrected chi connectivity index (χ0v) is 16.3. The fourth-order valence-corrected chi connectivity index (χ4v) is 3.02. The summed E-state index contributed by atoms with van der Waals surface area (Å²) in [4.78, 5) is 36.1. The van der Waals surface area contributed by atoms with E-state index in [1.807, 2.05) is 0 Å². The largest absolute Gasteiger partial charge is 0.370 e. The summed E-state index contributed by atoms with van der Waals surface area (Å²) in [5, 5.41) is 2.93. The van der Waals surface area contributed by atoms with Crippen molar-refractivity contribution in [3.63, 3.8) is 0 Å². The van der Waals surface area contributed by atoms with Gasteiger partial charge in [0.15, 0.2) is 0 Å². The maximum absolute atomic E-state index is 12.8. The van der Waals surface area contributed by atoms with Gasteiger partial charge in [-0.15, -0.1) is 0 Å². The Hall–Kier alpha value is -2.06. The van der Waals surface area contributed by atoms with E-state index in [1.165, 1.54) is 17.3 Å². The molecule has 1 aliphatic rings. The van der Waals surface area contributed by atoms with Gasteiger partial charge in [-0.25, -0.2) is 4.98 Å². The van der Waals surface area contributed by atoms with Crippen LogP contribution in [-0.2, 0) is 9.53 Å². The SMILES string of the molecule is CCCCCNC(=O)CCN(CC[NH+]1CCOCC1)C(=O)c1cnccn1. The summed E-state index contributed by atoms with van der Waals surface area (Å²) >= 11 is 0. The fourth-order valence-electron chi connectivity index (χ4n) is 3.02. The molecule has 0 spiro atoms. The quantitative estimate of drug-likeness (QED) is 0.508. The molecule has 0 saturated carbocycles. The zero-order chi connectivity index (χ0) is 19.3. The first kappa shape index (κ1) is 21.2. The number of aromatic nitrogens is 2. The maximum atomic E-state index is 12.8. The Labute approximate surface area is 161 Å². The van der Waals surface area contributed by atoms with Crippen molar-refractivity contribution in [2.24, 2.45) is 0 Å². The molecule has 2 heterocycles. The fraction of sp³-hybridized carbons (Fsp3) is 0.684. The molecule has 1 fully saturated rings. The first-order valence-corrected chi connectivity index (χ1v) is 9.94. The minimum absolute atomic E-state index is 0.0123. The molecule has 1 aromatic rings. The molecule has 2 rings (SSSR count). The third-order valence-corrected chi connectivity index (χ3v) is 4.72. The second-order valence-corrected chi connectivity index (χ2v) is 6.80. The average molecular weight is 378 g/mol. The smallest absolute Gasteiger partial charge is 0.274 e. The Bertz CT molecular complexity index is 564. The summed E-state index contributed by atoms with van der Waals surface area (Å²) in [5.74, 6) is -0.184. The highest BCUT2D eigenvalue weighted by atomic mass is 16.5. The van der Waals surface area contributed by atoms with Crippen molar-refractivity contribution >= 4 is 11.8 Å². The van der Waals surface area contributed by atoms with Crippen LogP contribution < -0.4 is 10.2 Å². The lowest BCUT2D eigenvalue weighted by molar-refractivity contribution is -0.907. The van der Waals surface area contributed by atoms with Gasteiger partial charge in [0.25, 0.3) is 5.91 Å². The number of ether oxygens (including phenoxy) is 1. The van der Waals surface area contributed by atoms with Crippen LogP contribution in [-0.4, -0.2) is 79.2 Å². The summed E-state index contributed by atoms with van der Waals surface area (Å²) in [5.41, 5.74) is 0.317. The van der Waals surface area contributed by atoms with E-state index in [-0.39, 0.29) is 11.8 Å². The normalized spacial score (nSPS) is 14.7. The number of carbonyl (C=O) groups excluding carboxylic acids is 2. The van der Waals surface area contributed by atoms with E-state index in [4.69, 9.17) is 4.74 Å². The molecule has 1 aromatic heterocycles.